The molecular formula is C21H14BN3O3. The summed E-state index contributed by atoms with van der Waals surface area (Å²) >= 11 is 0. The Hall–Kier alpha value is -3.55. The zero-order valence-electron chi connectivity index (χ0n) is 14.6. The topological polar surface area (TPSA) is 92.3 Å². The fraction of sp³-hybridized carbons (Fsp3) is 0. The van der Waals surface area contributed by atoms with Crippen LogP contribution in [0.15, 0.2) is 77.2 Å². The molecule has 0 radical (unpaired) electrons. The summed E-state index contributed by atoms with van der Waals surface area (Å²) in [4.78, 5) is 13.0. The van der Waals surface area contributed by atoms with Gasteiger partial charge in [0.2, 0.25) is 0 Å². The standard InChI is InChI=1S/C21H14BN3O3/c26-22(27)21-24-19(13-7-2-1-3-8-13)23-20(25-21)16-11-6-10-15-14-9-4-5-12-17(14)28-18(15)16/h1-12,26-27H. The number of para-hydroxylation sites is 2. The minimum absolute atomic E-state index is 0.114. The molecule has 2 heterocycles. The van der Waals surface area contributed by atoms with Crippen LogP contribution in [0, 0.1) is 0 Å². The van der Waals surface area contributed by atoms with E-state index in [-0.39, 0.29) is 5.72 Å². The van der Waals surface area contributed by atoms with Crippen LogP contribution >= 0.6 is 0 Å². The maximum atomic E-state index is 9.67. The molecule has 28 heavy (non-hydrogen) atoms. The second-order valence-corrected chi connectivity index (χ2v) is 6.36. The third-order valence-corrected chi connectivity index (χ3v) is 4.56. The van der Waals surface area contributed by atoms with E-state index in [2.05, 4.69) is 15.0 Å². The largest absolute Gasteiger partial charge is 0.528 e. The molecule has 0 aliphatic heterocycles. The van der Waals surface area contributed by atoms with Crippen molar-refractivity contribution in [1.29, 1.82) is 0 Å². The van der Waals surface area contributed by atoms with E-state index in [1.54, 1.807) is 0 Å². The van der Waals surface area contributed by atoms with Gasteiger partial charge in [0.15, 0.2) is 17.4 Å². The van der Waals surface area contributed by atoms with Crippen LogP contribution in [0.5, 0.6) is 0 Å². The molecule has 5 aromatic rings. The van der Waals surface area contributed by atoms with Crippen molar-refractivity contribution in [2.75, 3.05) is 0 Å². The van der Waals surface area contributed by atoms with Crippen molar-refractivity contribution in [2.24, 2.45) is 0 Å². The molecule has 0 unspecified atom stereocenters. The molecule has 6 nitrogen and oxygen atoms in total. The van der Waals surface area contributed by atoms with Gasteiger partial charge in [-0.15, -0.1) is 0 Å². The first kappa shape index (κ1) is 16.6. The van der Waals surface area contributed by atoms with Crippen LogP contribution in [0.3, 0.4) is 0 Å². The molecule has 0 spiro atoms. The molecule has 0 aliphatic rings. The predicted octanol–water partition coefficient (Wildman–Crippen LogP) is 2.78. The maximum absolute atomic E-state index is 9.67. The van der Waals surface area contributed by atoms with Gasteiger partial charge in [0.25, 0.3) is 0 Å². The second-order valence-electron chi connectivity index (χ2n) is 6.36. The van der Waals surface area contributed by atoms with Crippen molar-refractivity contribution >= 4 is 34.8 Å². The Morgan fingerprint density at radius 1 is 0.679 bits per heavy atom. The summed E-state index contributed by atoms with van der Waals surface area (Å²) in [5.41, 5.74) is 2.72. The molecule has 134 valence electrons. The fourth-order valence-electron chi connectivity index (χ4n) is 3.27. The molecule has 0 saturated heterocycles. The average molecular weight is 367 g/mol. The van der Waals surface area contributed by atoms with Crippen molar-refractivity contribution < 1.29 is 14.5 Å². The highest BCUT2D eigenvalue weighted by molar-refractivity contribution is 6.56. The first-order chi connectivity index (χ1) is 13.7. The lowest BCUT2D eigenvalue weighted by Crippen LogP contribution is -2.36. The first-order valence-electron chi connectivity index (χ1n) is 8.79. The zero-order valence-corrected chi connectivity index (χ0v) is 14.6. The van der Waals surface area contributed by atoms with Crippen LogP contribution in [-0.2, 0) is 0 Å². The van der Waals surface area contributed by atoms with Gasteiger partial charge in [-0.1, -0.05) is 60.7 Å². The summed E-state index contributed by atoms with van der Waals surface area (Å²) in [5, 5.41) is 21.3. The normalized spacial score (nSPS) is 11.2. The van der Waals surface area contributed by atoms with Gasteiger partial charge >= 0.3 is 7.12 Å². The second kappa shape index (κ2) is 6.56. The Bertz CT molecular complexity index is 1300. The number of rotatable bonds is 3. The van der Waals surface area contributed by atoms with E-state index in [1.165, 1.54) is 0 Å². The zero-order chi connectivity index (χ0) is 19.1. The van der Waals surface area contributed by atoms with Gasteiger partial charge in [0, 0.05) is 16.3 Å². The third kappa shape index (κ3) is 2.74. The fourth-order valence-corrected chi connectivity index (χ4v) is 3.27. The van der Waals surface area contributed by atoms with Gasteiger partial charge < -0.3 is 14.5 Å². The molecule has 5 rings (SSSR count). The molecule has 0 fully saturated rings. The minimum atomic E-state index is -1.81. The van der Waals surface area contributed by atoms with Crippen molar-refractivity contribution in [3.8, 4) is 22.8 Å². The molecular weight excluding hydrogens is 353 g/mol. The molecule has 3 aromatic carbocycles. The first-order valence-corrected chi connectivity index (χ1v) is 8.79. The van der Waals surface area contributed by atoms with Crippen molar-refractivity contribution in [3.05, 3.63) is 72.8 Å². The Morgan fingerprint density at radius 3 is 2.21 bits per heavy atom. The lowest BCUT2D eigenvalue weighted by Gasteiger charge is -2.07. The van der Waals surface area contributed by atoms with Gasteiger partial charge in [-0.25, -0.2) is 15.0 Å². The van der Waals surface area contributed by atoms with Crippen LogP contribution < -0.4 is 5.72 Å². The number of nitrogens with zero attached hydrogens (tertiary/aromatic N) is 3. The minimum Gasteiger partial charge on any atom is -0.455 e. The monoisotopic (exact) mass is 367 g/mol. The number of benzene rings is 3. The third-order valence-electron chi connectivity index (χ3n) is 4.56. The van der Waals surface area contributed by atoms with E-state index in [1.807, 2.05) is 72.8 Å². The van der Waals surface area contributed by atoms with Gasteiger partial charge in [0.1, 0.15) is 11.2 Å². The Labute approximate surface area is 160 Å². The maximum Gasteiger partial charge on any atom is 0.528 e. The molecule has 7 heteroatoms. The molecule has 2 N–H and O–H groups in total. The van der Waals surface area contributed by atoms with Gasteiger partial charge in [-0.05, 0) is 12.1 Å². The number of aromatic nitrogens is 3. The van der Waals surface area contributed by atoms with Crippen LogP contribution in [0.4, 0.5) is 0 Å². The van der Waals surface area contributed by atoms with E-state index < -0.39 is 7.12 Å². The van der Waals surface area contributed by atoms with Gasteiger partial charge in [-0.3, -0.25) is 0 Å². The summed E-state index contributed by atoms with van der Waals surface area (Å²) in [5.74, 6) is 0.684. The molecule has 0 bridgehead atoms. The molecule has 0 aliphatic carbocycles. The van der Waals surface area contributed by atoms with E-state index >= 15 is 0 Å². The Balaban J connectivity index is 1.78. The smallest absolute Gasteiger partial charge is 0.455 e. The number of fused-ring (bicyclic) bond motifs is 3. The quantitative estimate of drug-likeness (QED) is 0.477. The Kier molecular flexibility index (Phi) is 3.89. The van der Waals surface area contributed by atoms with Crippen molar-refractivity contribution in [1.82, 2.24) is 15.0 Å². The molecule has 2 aromatic heterocycles. The van der Waals surface area contributed by atoms with Gasteiger partial charge in [-0.2, -0.15) is 0 Å². The molecule has 0 saturated carbocycles. The van der Waals surface area contributed by atoms with E-state index in [9.17, 15) is 10.0 Å². The summed E-state index contributed by atoms with van der Waals surface area (Å²) in [6.07, 6.45) is 0. The van der Waals surface area contributed by atoms with Crippen LogP contribution in [0.1, 0.15) is 0 Å². The van der Waals surface area contributed by atoms with Crippen molar-refractivity contribution in [2.45, 2.75) is 0 Å². The lowest BCUT2D eigenvalue weighted by molar-refractivity contribution is 0.422. The summed E-state index contributed by atoms with van der Waals surface area (Å²) in [6, 6.07) is 22.9. The van der Waals surface area contributed by atoms with Crippen LogP contribution in [-0.4, -0.2) is 32.1 Å². The molecule has 0 atom stereocenters. The van der Waals surface area contributed by atoms with Crippen LogP contribution in [0.25, 0.3) is 44.7 Å². The number of hydrogen-bond acceptors (Lipinski definition) is 6. The predicted molar refractivity (Wildman–Crippen MR) is 108 cm³/mol. The number of hydrogen-bond donors (Lipinski definition) is 2. The average Bonchev–Trinajstić information content (AvgIpc) is 3.13. The number of furan rings is 1. The van der Waals surface area contributed by atoms with Gasteiger partial charge in [0.05, 0.1) is 5.56 Å². The van der Waals surface area contributed by atoms with E-state index in [4.69, 9.17) is 4.42 Å². The highest BCUT2D eigenvalue weighted by Crippen LogP contribution is 2.34. The van der Waals surface area contributed by atoms with Crippen molar-refractivity contribution in [3.63, 3.8) is 0 Å². The van der Waals surface area contributed by atoms with Crippen LogP contribution in [0.2, 0.25) is 0 Å². The summed E-state index contributed by atoms with van der Waals surface area (Å²) < 4.78 is 6.06. The Morgan fingerprint density at radius 2 is 1.39 bits per heavy atom. The van der Waals surface area contributed by atoms with E-state index in [0.717, 1.165) is 21.9 Å². The molecule has 0 amide bonds. The lowest BCUT2D eigenvalue weighted by atomic mass is 9.90. The summed E-state index contributed by atoms with van der Waals surface area (Å²) in [6.45, 7) is 0. The SMILES string of the molecule is OB(O)c1nc(-c2ccccc2)nc(-c2cccc3c2oc2ccccc23)n1. The highest BCUT2D eigenvalue weighted by atomic mass is 16.4. The van der Waals surface area contributed by atoms with E-state index in [0.29, 0.717) is 22.8 Å². The summed E-state index contributed by atoms with van der Waals surface area (Å²) in [7, 11) is -1.81. The highest BCUT2D eigenvalue weighted by Gasteiger charge is 2.21.